The first-order chi connectivity index (χ1) is 9.78. The number of sulfonamides is 1. The Morgan fingerprint density at radius 2 is 1.71 bits per heavy atom. The number of piperidine rings is 1. The summed E-state index contributed by atoms with van der Waals surface area (Å²) in [6.07, 6.45) is 0.754. The summed E-state index contributed by atoms with van der Waals surface area (Å²) in [6, 6.07) is 9.10. The third kappa shape index (κ3) is 4.42. The van der Waals surface area contributed by atoms with Crippen molar-refractivity contribution in [2.45, 2.75) is 30.9 Å². The average Bonchev–Trinajstić information content (AvgIpc) is 2.41. The molecule has 0 unspecified atom stereocenters. The molecule has 0 radical (unpaired) electrons. The summed E-state index contributed by atoms with van der Waals surface area (Å²) in [4.78, 5) is 2.10. The topological polar surface area (TPSA) is 49.4 Å². The van der Waals surface area contributed by atoms with Crippen LogP contribution >= 0.6 is 0 Å². The fraction of sp³-hybridized carbons (Fsp3) is 0.538. The maximum absolute atomic E-state index is 12.3. The lowest BCUT2D eigenvalue weighted by atomic mass is 10.1. The predicted octanol–water partition coefficient (Wildman–Crippen LogP) is 2.09. The summed E-state index contributed by atoms with van der Waals surface area (Å²) < 4.78 is 60.7. The summed E-state index contributed by atoms with van der Waals surface area (Å²) in [5, 5.41) is 0. The molecule has 0 aromatic heterocycles. The van der Waals surface area contributed by atoms with Gasteiger partial charge in [-0.3, -0.25) is 4.90 Å². The molecule has 0 spiro atoms. The van der Waals surface area contributed by atoms with Crippen molar-refractivity contribution in [1.29, 1.82) is 0 Å². The van der Waals surface area contributed by atoms with Crippen LogP contribution in [0.1, 0.15) is 18.4 Å². The SMILES string of the molecule is O=S(=O)(NC1CCN(Cc2ccccc2)CC1)C(F)(F)F. The van der Waals surface area contributed by atoms with Gasteiger partial charge < -0.3 is 0 Å². The van der Waals surface area contributed by atoms with Crippen molar-refractivity contribution < 1.29 is 21.6 Å². The summed E-state index contributed by atoms with van der Waals surface area (Å²) >= 11 is 0. The van der Waals surface area contributed by atoms with E-state index in [1.807, 2.05) is 30.3 Å². The van der Waals surface area contributed by atoms with Crippen LogP contribution in [-0.4, -0.2) is 38.0 Å². The molecule has 2 rings (SSSR count). The number of hydrogen-bond acceptors (Lipinski definition) is 3. The van der Waals surface area contributed by atoms with Crippen molar-refractivity contribution in [3.8, 4) is 0 Å². The van der Waals surface area contributed by atoms with Crippen molar-refractivity contribution in [2.24, 2.45) is 0 Å². The van der Waals surface area contributed by atoms with E-state index in [1.165, 1.54) is 0 Å². The van der Waals surface area contributed by atoms with E-state index in [4.69, 9.17) is 0 Å². The number of nitrogens with one attached hydrogen (secondary N) is 1. The standard InChI is InChI=1S/C13H17F3N2O2S/c14-13(15,16)21(19,20)17-12-6-8-18(9-7-12)10-11-4-2-1-3-5-11/h1-5,12,17H,6-10H2. The van der Waals surface area contributed by atoms with Crippen molar-refractivity contribution >= 4 is 10.0 Å². The Bertz CT molecular complexity index is 553. The van der Waals surface area contributed by atoms with Crippen LogP contribution in [0.5, 0.6) is 0 Å². The van der Waals surface area contributed by atoms with Gasteiger partial charge in [-0.2, -0.15) is 13.2 Å². The van der Waals surface area contributed by atoms with Crippen LogP contribution in [0.25, 0.3) is 0 Å². The molecule has 0 bridgehead atoms. The van der Waals surface area contributed by atoms with E-state index >= 15 is 0 Å². The highest BCUT2D eigenvalue weighted by atomic mass is 32.2. The Morgan fingerprint density at radius 3 is 2.24 bits per heavy atom. The van der Waals surface area contributed by atoms with E-state index in [9.17, 15) is 21.6 Å². The lowest BCUT2D eigenvalue weighted by molar-refractivity contribution is -0.0453. The third-order valence-corrected chi connectivity index (χ3v) is 4.72. The Labute approximate surface area is 122 Å². The van der Waals surface area contributed by atoms with Crippen molar-refractivity contribution in [3.05, 3.63) is 35.9 Å². The van der Waals surface area contributed by atoms with Gasteiger partial charge in [0.15, 0.2) is 0 Å². The summed E-state index contributed by atoms with van der Waals surface area (Å²) in [5.41, 5.74) is -4.11. The largest absolute Gasteiger partial charge is 0.511 e. The van der Waals surface area contributed by atoms with Crippen LogP contribution in [-0.2, 0) is 16.6 Å². The molecule has 1 aliphatic heterocycles. The van der Waals surface area contributed by atoms with Crippen LogP contribution in [0.3, 0.4) is 0 Å². The first-order valence-electron chi connectivity index (χ1n) is 6.63. The fourth-order valence-electron chi connectivity index (χ4n) is 2.34. The fourth-order valence-corrected chi connectivity index (χ4v) is 3.14. The van der Waals surface area contributed by atoms with Crippen LogP contribution in [0.15, 0.2) is 30.3 Å². The highest BCUT2D eigenvalue weighted by molar-refractivity contribution is 7.90. The highest BCUT2D eigenvalue weighted by Crippen LogP contribution is 2.24. The quantitative estimate of drug-likeness (QED) is 0.923. The number of hydrogen-bond donors (Lipinski definition) is 1. The van der Waals surface area contributed by atoms with Gasteiger partial charge in [0.05, 0.1) is 0 Å². The molecule has 1 aromatic rings. The Morgan fingerprint density at radius 1 is 1.14 bits per heavy atom. The van der Waals surface area contributed by atoms with Crippen LogP contribution in [0, 0.1) is 0 Å². The molecular formula is C13H17F3N2O2S. The molecule has 4 nitrogen and oxygen atoms in total. The van der Waals surface area contributed by atoms with Gasteiger partial charge in [0.25, 0.3) is 0 Å². The molecule has 1 fully saturated rings. The van der Waals surface area contributed by atoms with Gasteiger partial charge in [-0.05, 0) is 18.4 Å². The third-order valence-electron chi connectivity index (χ3n) is 3.46. The molecule has 21 heavy (non-hydrogen) atoms. The van der Waals surface area contributed by atoms with Crippen molar-refractivity contribution in [3.63, 3.8) is 0 Å². The van der Waals surface area contributed by atoms with Gasteiger partial charge in [-0.25, -0.2) is 13.1 Å². The van der Waals surface area contributed by atoms with E-state index in [-0.39, 0.29) is 0 Å². The molecule has 0 aliphatic carbocycles. The zero-order valence-electron chi connectivity index (χ0n) is 11.3. The number of likely N-dealkylation sites (tertiary alicyclic amines) is 1. The molecule has 1 saturated heterocycles. The second kappa shape index (κ2) is 6.33. The number of nitrogens with zero attached hydrogens (tertiary/aromatic N) is 1. The van der Waals surface area contributed by atoms with Gasteiger partial charge in [0.2, 0.25) is 0 Å². The van der Waals surface area contributed by atoms with Crippen LogP contribution in [0.4, 0.5) is 13.2 Å². The summed E-state index contributed by atoms with van der Waals surface area (Å²) in [6.45, 7) is 1.86. The molecule has 1 heterocycles. The van der Waals surface area contributed by atoms with Gasteiger partial charge in [0.1, 0.15) is 0 Å². The Balaban J connectivity index is 1.84. The maximum Gasteiger partial charge on any atom is 0.511 e. The smallest absolute Gasteiger partial charge is 0.299 e. The zero-order valence-corrected chi connectivity index (χ0v) is 12.1. The van der Waals surface area contributed by atoms with Crippen LogP contribution < -0.4 is 4.72 Å². The van der Waals surface area contributed by atoms with Crippen molar-refractivity contribution in [1.82, 2.24) is 9.62 Å². The second-order valence-electron chi connectivity index (χ2n) is 5.10. The lowest BCUT2D eigenvalue weighted by Crippen LogP contribution is -2.47. The highest BCUT2D eigenvalue weighted by Gasteiger charge is 2.46. The number of benzene rings is 1. The van der Waals surface area contributed by atoms with Gasteiger partial charge in [0, 0.05) is 25.7 Å². The number of rotatable bonds is 4. The average molecular weight is 322 g/mol. The van der Waals surface area contributed by atoms with Crippen LogP contribution in [0.2, 0.25) is 0 Å². The Kier molecular flexibility index (Phi) is 4.90. The number of alkyl halides is 3. The van der Waals surface area contributed by atoms with E-state index in [2.05, 4.69) is 4.90 Å². The van der Waals surface area contributed by atoms with E-state index in [1.54, 1.807) is 4.72 Å². The minimum absolute atomic E-state index is 0.377. The van der Waals surface area contributed by atoms with Gasteiger partial charge in [-0.1, -0.05) is 30.3 Å². The minimum atomic E-state index is -5.24. The molecular weight excluding hydrogens is 305 g/mol. The van der Waals surface area contributed by atoms with E-state index in [0.29, 0.717) is 25.9 Å². The molecule has 0 amide bonds. The first kappa shape index (κ1) is 16.3. The molecule has 118 valence electrons. The zero-order chi connectivity index (χ0) is 15.5. The summed E-state index contributed by atoms with van der Waals surface area (Å²) in [5.74, 6) is 0. The normalized spacial score (nSPS) is 18.8. The van der Waals surface area contributed by atoms with Gasteiger partial charge in [-0.15, -0.1) is 0 Å². The monoisotopic (exact) mass is 322 g/mol. The molecule has 1 aromatic carbocycles. The minimum Gasteiger partial charge on any atom is -0.299 e. The Hall–Kier alpha value is -1.12. The number of halogens is 3. The second-order valence-corrected chi connectivity index (χ2v) is 6.81. The molecule has 1 aliphatic rings. The molecule has 0 saturated carbocycles. The lowest BCUT2D eigenvalue weighted by Gasteiger charge is -2.32. The van der Waals surface area contributed by atoms with Gasteiger partial charge >= 0.3 is 15.5 Å². The van der Waals surface area contributed by atoms with Crippen molar-refractivity contribution in [2.75, 3.05) is 13.1 Å². The molecule has 0 atom stereocenters. The first-order valence-corrected chi connectivity index (χ1v) is 8.11. The molecule has 1 N–H and O–H groups in total. The van der Waals surface area contributed by atoms with E-state index < -0.39 is 21.6 Å². The van der Waals surface area contributed by atoms with E-state index in [0.717, 1.165) is 12.1 Å². The predicted molar refractivity (Wildman–Crippen MR) is 72.9 cm³/mol. The molecule has 8 heteroatoms. The summed E-state index contributed by atoms with van der Waals surface area (Å²) in [7, 11) is -5.24. The maximum atomic E-state index is 12.3.